The van der Waals surface area contributed by atoms with E-state index in [1.54, 1.807) is 12.1 Å². The van der Waals surface area contributed by atoms with Gasteiger partial charge in [0.15, 0.2) is 0 Å². The Morgan fingerprint density at radius 2 is 1.93 bits per heavy atom. The first-order valence-electron chi connectivity index (χ1n) is 9.92. The predicted octanol–water partition coefficient (Wildman–Crippen LogP) is 3.55. The predicted molar refractivity (Wildman–Crippen MR) is 118 cm³/mol. The Bertz CT molecular complexity index is 1200. The molecule has 1 aliphatic rings. The molecule has 1 amide bonds. The number of rotatable bonds is 6. The summed E-state index contributed by atoms with van der Waals surface area (Å²) in [5, 5.41) is 3.94. The Kier molecular flexibility index (Phi) is 5.59. The van der Waals surface area contributed by atoms with Crippen LogP contribution in [0.15, 0.2) is 64.0 Å². The maximum Gasteiger partial charge on any atom is 0.283 e. The number of aromatic amines is 1. The first kappa shape index (κ1) is 20.2. The molecule has 4 rings (SSSR count). The quantitative estimate of drug-likeness (QED) is 0.633. The van der Waals surface area contributed by atoms with Gasteiger partial charge >= 0.3 is 0 Å². The number of H-pyrrole nitrogens is 1. The van der Waals surface area contributed by atoms with Crippen molar-refractivity contribution >= 4 is 38.4 Å². The summed E-state index contributed by atoms with van der Waals surface area (Å²) in [7, 11) is -1.91. The average Bonchev–Trinajstić information content (AvgIpc) is 3.32. The Morgan fingerprint density at radius 1 is 1.17 bits per heavy atom. The topological polar surface area (TPSA) is 94.6 Å². The van der Waals surface area contributed by atoms with Crippen LogP contribution >= 0.6 is 0 Å². The van der Waals surface area contributed by atoms with Crippen LogP contribution in [0.25, 0.3) is 10.9 Å². The van der Waals surface area contributed by atoms with E-state index in [1.165, 1.54) is 12.1 Å². The van der Waals surface area contributed by atoms with Crippen molar-refractivity contribution in [1.29, 1.82) is 0 Å². The summed E-state index contributed by atoms with van der Waals surface area (Å²) in [6.07, 6.45) is 4.46. The summed E-state index contributed by atoms with van der Waals surface area (Å²) in [6, 6.07) is 14.1. The normalized spacial score (nSPS) is 15.8. The smallest absolute Gasteiger partial charge is 0.283 e. The van der Waals surface area contributed by atoms with Crippen molar-refractivity contribution in [2.75, 3.05) is 18.9 Å². The Balaban J connectivity index is 1.38. The van der Waals surface area contributed by atoms with Crippen LogP contribution in [-0.4, -0.2) is 43.6 Å². The lowest BCUT2D eigenvalue weighted by Gasteiger charge is -2.11. The molecule has 1 aliphatic heterocycles. The number of para-hydroxylation sites is 1. The van der Waals surface area contributed by atoms with Gasteiger partial charge in [0.25, 0.3) is 10.0 Å². The van der Waals surface area contributed by atoms with E-state index in [9.17, 15) is 13.2 Å². The molecule has 0 bridgehead atoms. The van der Waals surface area contributed by atoms with Crippen molar-refractivity contribution in [2.45, 2.75) is 30.6 Å². The molecule has 30 heavy (non-hydrogen) atoms. The van der Waals surface area contributed by atoms with E-state index in [2.05, 4.69) is 14.7 Å². The number of fused-ring (bicyclic) bond motifs is 1. The lowest BCUT2D eigenvalue weighted by Crippen LogP contribution is -2.20. The molecule has 7 nitrogen and oxygen atoms in total. The molecule has 0 atom stereocenters. The second-order valence-electron chi connectivity index (χ2n) is 7.44. The van der Waals surface area contributed by atoms with Gasteiger partial charge in [-0.1, -0.05) is 18.2 Å². The molecule has 2 heterocycles. The van der Waals surface area contributed by atoms with Crippen molar-refractivity contribution in [3.63, 3.8) is 0 Å². The molecule has 0 aliphatic carbocycles. The second kappa shape index (κ2) is 8.31. The van der Waals surface area contributed by atoms with Crippen LogP contribution in [0, 0.1) is 0 Å². The fourth-order valence-corrected chi connectivity index (χ4v) is 4.71. The van der Waals surface area contributed by atoms with Crippen LogP contribution in [0.5, 0.6) is 0 Å². The number of nitrogens with one attached hydrogen (secondary N) is 2. The summed E-state index contributed by atoms with van der Waals surface area (Å²) in [6.45, 7) is 0.817. The highest BCUT2D eigenvalue weighted by Gasteiger charge is 2.20. The average molecular weight is 425 g/mol. The van der Waals surface area contributed by atoms with Gasteiger partial charge in [-0.15, -0.1) is 4.40 Å². The molecule has 2 aromatic carbocycles. The molecule has 1 fully saturated rings. The summed E-state index contributed by atoms with van der Waals surface area (Å²) in [4.78, 5) is 17.5. The number of aryl methyl sites for hydroxylation is 1. The third-order valence-corrected chi connectivity index (χ3v) is 6.61. The van der Waals surface area contributed by atoms with Crippen LogP contribution in [0.1, 0.15) is 24.8 Å². The highest BCUT2D eigenvalue weighted by atomic mass is 32.2. The number of hydrogen-bond donors (Lipinski definition) is 2. The summed E-state index contributed by atoms with van der Waals surface area (Å²) >= 11 is 0. The maximum atomic E-state index is 12.5. The molecule has 2 N–H and O–H groups in total. The number of aromatic nitrogens is 1. The Hall–Kier alpha value is -3.13. The van der Waals surface area contributed by atoms with Gasteiger partial charge in [-0.25, -0.2) is 0 Å². The minimum absolute atomic E-state index is 0.118. The van der Waals surface area contributed by atoms with Gasteiger partial charge in [-0.2, -0.15) is 8.42 Å². The first-order chi connectivity index (χ1) is 14.4. The van der Waals surface area contributed by atoms with E-state index < -0.39 is 10.0 Å². The molecule has 3 aromatic rings. The van der Waals surface area contributed by atoms with E-state index in [4.69, 9.17) is 0 Å². The number of anilines is 1. The third kappa shape index (κ3) is 4.38. The van der Waals surface area contributed by atoms with Crippen LogP contribution in [0.4, 0.5) is 5.69 Å². The number of benzene rings is 2. The number of nitrogens with zero attached hydrogens (tertiary/aromatic N) is 2. The van der Waals surface area contributed by atoms with Gasteiger partial charge in [0.1, 0.15) is 5.84 Å². The molecule has 0 spiro atoms. The number of likely N-dealkylation sites (tertiary alicyclic amines) is 1. The lowest BCUT2D eigenvalue weighted by atomic mass is 10.1. The third-order valence-electron chi connectivity index (χ3n) is 5.29. The molecule has 1 aromatic heterocycles. The number of hydrogen-bond acceptors (Lipinski definition) is 3. The van der Waals surface area contributed by atoms with Crippen molar-refractivity contribution < 1.29 is 13.2 Å². The zero-order valence-electron chi connectivity index (χ0n) is 16.8. The number of sulfonamides is 1. The van der Waals surface area contributed by atoms with E-state index in [0.717, 1.165) is 29.4 Å². The highest BCUT2D eigenvalue weighted by molar-refractivity contribution is 7.90. The molecule has 1 saturated heterocycles. The van der Waals surface area contributed by atoms with Crippen molar-refractivity contribution in [2.24, 2.45) is 4.40 Å². The van der Waals surface area contributed by atoms with Crippen LogP contribution in [0.2, 0.25) is 0 Å². The fraction of sp³-hybridized carbons (Fsp3) is 0.273. The largest absolute Gasteiger partial charge is 0.362 e. The Morgan fingerprint density at radius 3 is 2.67 bits per heavy atom. The van der Waals surface area contributed by atoms with Gasteiger partial charge in [-0.3, -0.25) is 4.79 Å². The molecule has 0 radical (unpaired) electrons. The van der Waals surface area contributed by atoms with Crippen LogP contribution in [0.3, 0.4) is 0 Å². The minimum Gasteiger partial charge on any atom is -0.362 e. The Labute approximate surface area is 175 Å². The molecule has 156 valence electrons. The minimum atomic E-state index is -3.75. The van der Waals surface area contributed by atoms with Crippen LogP contribution in [-0.2, 0) is 21.2 Å². The standard InChI is InChI=1S/C22H24N4O3S/c1-26-14-4-7-21(26)25-30(28,29)18-11-9-17(10-12-18)24-22(27)13-8-16-15-23-20-6-3-2-5-19(16)20/h2-3,5-6,9-12,15,23H,4,7-8,13-14H2,1H3,(H,24,27)/b25-21-. The zero-order chi connectivity index (χ0) is 21.1. The maximum absolute atomic E-state index is 12.5. The monoisotopic (exact) mass is 424 g/mol. The van der Waals surface area contributed by atoms with Gasteiger partial charge in [0, 0.05) is 49.2 Å². The van der Waals surface area contributed by atoms with Crippen molar-refractivity contribution in [1.82, 2.24) is 9.88 Å². The molecule has 0 saturated carbocycles. The summed E-state index contributed by atoms with van der Waals surface area (Å²) in [5.41, 5.74) is 2.71. The molecule has 0 unspecified atom stereocenters. The zero-order valence-corrected chi connectivity index (χ0v) is 17.6. The SMILES string of the molecule is CN1CCC/C1=N/S(=O)(=O)c1ccc(NC(=O)CCc2c[nH]c3ccccc23)cc1. The van der Waals surface area contributed by atoms with Crippen LogP contribution < -0.4 is 5.32 Å². The van der Waals surface area contributed by atoms with Gasteiger partial charge < -0.3 is 15.2 Å². The number of amidine groups is 1. The summed E-state index contributed by atoms with van der Waals surface area (Å²) in [5.74, 6) is 0.466. The van der Waals surface area contributed by atoms with E-state index in [-0.39, 0.29) is 10.8 Å². The van der Waals surface area contributed by atoms with E-state index >= 15 is 0 Å². The summed E-state index contributed by atoms with van der Waals surface area (Å²) < 4.78 is 29.0. The lowest BCUT2D eigenvalue weighted by molar-refractivity contribution is -0.116. The van der Waals surface area contributed by atoms with Crippen molar-refractivity contribution in [3.05, 3.63) is 60.3 Å². The van der Waals surface area contributed by atoms with Crippen molar-refractivity contribution in [3.8, 4) is 0 Å². The highest BCUT2D eigenvalue weighted by Crippen LogP contribution is 2.21. The second-order valence-corrected chi connectivity index (χ2v) is 9.04. The molecular weight excluding hydrogens is 400 g/mol. The van der Waals surface area contributed by atoms with Gasteiger partial charge in [0.2, 0.25) is 5.91 Å². The molecule has 8 heteroatoms. The van der Waals surface area contributed by atoms with Gasteiger partial charge in [-0.05, 0) is 48.7 Å². The van der Waals surface area contributed by atoms with E-state index in [0.29, 0.717) is 30.8 Å². The number of amides is 1. The molecular formula is C22H24N4O3S. The van der Waals surface area contributed by atoms with E-state index in [1.807, 2.05) is 42.4 Å². The number of carbonyl (C=O) groups excluding carboxylic acids is 1. The van der Waals surface area contributed by atoms with Gasteiger partial charge in [0.05, 0.1) is 4.90 Å². The fourth-order valence-electron chi connectivity index (χ4n) is 3.62. The number of carbonyl (C=O) groups is 1. The first-order valence-corrected chi connectivity index (χ1v) is 11.4.